The number of nitrogen functional groups attached to an aromatic ring is 1. The number of aliphatic carboxylic acids is 1. The smallest absolute Gasteiger partial charge is 0.341 e. The van der Waals surface area contributed by atoms with Gasteiger partial charge < -0.3 is 15.9 Å². The Balaban J connectivity index is 2.32. The molecule has 0 aliphatic rings. The molecule has 2 rings (SSSR count). The molecule has 0 spiro atoms. The molecule has 19 heavy (non-hydrogen) atoms. The number of nitrogens with zero attached hydrogens (tertiary/aromatic N) is 2. The largest absolute Gasteiger partial charge is 0.481 e. The number of aromatic nitrogens is 2. The Morgan fingerprint density at radius 3 is 2.32 bits per heavy atom. The summed E-state index contributed by atoms with van der Waals surface area (Å²) in [5.74, 6) is -2.04. The highest BCUT2D eigenvalue weighted by molar-refractivity contribution is 5.92. The van der Waals surface area contributed by atoms with Crippen LogP contribution in [0.25, 0.3) is 5.69 Å². The Labute approximate surface area is 107 Å². The maximum atomic E-state index is 10.8. The van der Waals surface area contributed by atoms with Crippen molar-refractivity contribution in [3.05, 3.63) is 41.6 Å². The summed E-state index contributed by atoms with van der Waals surface area (Å²) in [4.78, 5) is 21.4. The molecular formula is C12H11N3O4. The fourth-order valence-electron chi connectivity index (χ4n) is 1.66. The number of rotatable bonds is 4. The van der Waals surface area contributed by atoms with Crippen LogP contribution < -0.4 is 5.73 Å². The zero-order chi connectivity index (χ0) is 14.0. The van der Waals surface area contributed by atoms with Crippen LogP contribution in [0.1, 0.15) is 15.9 Å². The van der Waals surface area contributed by atoms with Gasteiger partial charge in [0.1, 0.15) is 11.4 Å². The van der Waals surface area contributed by atoms with Gasteiger partial charge >= 0.3 is 11.9 Å². The summed E-state index contributed by atoms with van der Waals surface area (Å²) >= 11 is 0. The summed E-state index contributed by atoms with van der Waals surface area (Å²) < 4.78 is 1.29. The van der Waals surface area contributed by atoms with E-state index >= 15 is 0 Å². The van der Waals surface area contributed by atoms with Crippen molar-refractivity contribution >= 4 is 17.8 Å². The van der Waals surface area contributed by atoms with E-state index in [-0.39, 0.29) is 17.8 Å². The van der Waals surface area contributed by atoms with Crippen molar-refractivity contribution in [2.45, 2.75) is 6.42 Å². The van der Waals surface area contributed by atoms with Crippen molar-refractivity contribution in [1.29, 1.82) is 0 Å². The topological polar surface area (TPSA) is 118 Å². The first kappa shape index (κ1) is 12.6. The van der Waals surface area contributed by atoms with Crippen molar-refractivity contribution in [2.24, 2.45) is 0 Å². The van der Waals surface area contributed by atoms with E-state index in [0.717, 1.165) is 0 Å². The fraction of sp³-hybridized carbons (Fsp3) is 0.0833. The zero-order valence-corrected chi connectivity index (χ0v) is 9.78. The van der Waals surface area contributed by atoms with Gasteiger partial charge in [-0.05, 0) is 17.7 Å². The number of carboxylic acids is 2. The third-order valence-electron chi connectivity index (χ3n) is 2.57. The Hall–Kier alpha value is -2.83. The molecule has 1 aromatic heterocycles. The molecule has 0 aliphatic heterocycles. The Bertz CT molecular complexity index is 631. The van der Waals surface area contributed by atoms with Crippen molar-refractivity contribution in [3.8, 4) is 5.69 Å². The molecular weight excluding hydrogens is 250 g/mol. The molecule has 0 unspecified atom stereocenters. The molecule has 0 atom stereocenters. The van der Waals surface area contributed by atoms with Crippen LogP contribution in [0.2, 0.25) is 0 Å². The first-order chi connectivity index (χ1) is 8.99. The van der Waals surface area contributed by atoms with Crippen LogP contribution in [0.15, 0.2) is 30.5 Å². The Morgan fingerprint density at radius 1 is 1.21 bits per heavy atom. The van der Waals surface area contributed by atoms with Gasteiger partial charge in [0.2, 0.25) is 0 Å². The monoisotopic (exact) mass is 261 g/mol. The maximum Gasteiger partial charge on any atom is 0.341 e. The van der Waals surface area contributed by atoms with Crippen LogP contribution in [-0.2, 0) is 11.2 Å². The number of carboxylic acid groups (broad SMARTS) is 2. The second-order valence-electron chi connectivity index (χ2n) is 3.90. The lowest BCUT2D eigenvalue weighted by atomic mass is 10.1. The molecule has 98 valence electrons. The third-order valence-corrected chi connectivity index (χ3v) is 2.57. The average Bonchev–Trinajstić information content (AvgIpc) is 2.71. The zero-order valence-electron chi connectivity index (χ0n) is 9.78. The van der Waals surface area contributed by atoms with Gasteiger partial charge in [-0.2, -0.15) is 5.10 Å². The average molecular weight is 261 g/mol. The maximum absolute atomic E-state index is 10.8. The molecule has 7 heteroatoms. The van der Waals surface area contributed by atoms with Crippen molar-refractivity contribution < 1.29 is 19.8 Å². The van der Waals surface area contributed by atoms with E-state index in [9.17, 15) is 9.59 Å². The lowest BCUT2D eigenvalue weighted by Crippen LogP contribution is -2.06. The van der Waals surface area contributed by atoms with Gasteiger partial charge in [-0.25, -0.2) is 9.48 Å². The summed E-state index contributed by atoms with van der Waals surface area (Å²) in [6.07, 6.45) is 1.10. The van der Waals surface area contributed by atoms with E-state index < -0.39 is 11.9 Å². The van der Waals surface area contributed by atoms with E-state index in [1.54, 1.807) is 24.3 Å². The quantitative estimate of drug-likeness (QED) is 0.748. The number of nitrogens with two attached hydrogens (primary N) is 1. The predicted molar refractivity (Wildman–Crippen MR) is 66.3 cm³/mol. The predicted octanol–water partition coefficient (Wildman–Crippen LogP) is 0.780. The number of aromatic carboxylic acids is 1. The van der Waals surface area contributed by atoms with Gasteiger partial charge in [0.15, 0.2) is 0 Å². The summed E-state index contributed by atoms with van der Waals surface area (Å²) in [7, 11) is 0. The minimum Gasteiger partial charge on any atom is -0.481 e. The van der Waals surface area contributed by atoms with E-state index in [1.165, 1.54) is 10.9 Å². The standard InChI is InChI=1S/C12H11N3O4/c13-11-9(12(18)19)6-14-15(11)8-3-1-7(2-4-8)5-10(16)17/h1-4,6H,5,13H2,(H,16,17)(H,18,19). The number of carbonyl (C=O) groups is 2. The van der Waals surface area contributed by atoms with Crippen molar-refractivity contribution in [3.63, 3.8) is 0 Å². The third kappa shape index (κ3) is 2.54. The van der Waals surface area contributed by atoms with Crippen molar-refractivity contribution in [2.75, 3.05) is 5.73 Å². The Kier molecular flexibility index (Phi) is 3.19. The summed E-state index contributed by atoms with van der Waals surface area (Å²) in [6.45, 7) is 0. The van der Waals surface area contributed by atoms with Gasteiger partial charge in [0.05, 0.1) is 18.3 Å². The highest BCUT2D eigenvalue weighted by atomic mass is 16.4. The molecule has 0 saturated carbocycles. The molecule has 0 fully saturated rings. The van der Waals surface area contributed by atoms with Crippen LogP contribution in [-0.4, -0.2) is 31.9 Å². The summed E-state index contributed by atoms with van der Waals surface area (Å²) in [6, 6.07) is 6.52. The van der Waals surface area contributed by atoms with Gasteiger partial charge in [-0.1, -0.05) is 12.1 Å². The van der Waals surface area contributed by atoms with E-state index in [0.29, 0.717) is 11.3 Å². The first-order valence-electron chi connectivity index (χ1n) is 5.37. The summed E-state index contributed by atoms with van der Waals surface area (Å²) in [5.41, 5.74) is 6.81. The molecule has 1 heterocycles. The van der Waals surface area contributed by atoms with Crippen LogP contribution in [0, 0.1) is 0 Å². The lowest BCUT2D eigenvalue weighted by Gasteiger charge is -2.05. The van der Waals surface area contributed by atoms with Crippen LogP contribution in [0.4, 0.5) is 5.82 Å². The number of hydrogen-bond donors (Lipinski definition) is 3. The normalized spacial score (nSPS) is 10.3. The second-order valence-corrected chi connectivity index (χ2v) is 3.90. The number of benzene rings is 1. The molecule has 0 amide bonds. The van der Waals surface area contributed by atoms with Crippen LogP contribution in [0.5, 0.6) is 0 Å². The SMILES string of the molecule is Nc1c(C(=O)O)cnn1-c1ccc(CC(=O)O)cc1. The highest BCUT2D eigenvalue weighted by Gasteiger charge is 2.14. The van der Waals surface area contributed by atoms with Crippen LogP contribution in [0.3, 0.4) is 0 Å². The van der Waals surface area contributed by atoms with E-state index in [4.69, 9.17) is 15.9 Å². The van der Waals surface area contributed by atoms with Gasteiger partial charge in [0, 0.05) is 0 Å². The minimum atomic E-state index is -1.15. The molecule has 0 bridgehead atoms. The summed E-state index contributed by atoms with van der Waals surface area (Å²) in [5, 5.41) is 21.4. The minimum absolute atomic E-state index is 0.0264. The van der Waals surface area contributed by atoms with Crippen LogP contribution >= 0.6 is 0 Å². The second kappa shape index (κ2) is 4.81. The van der Waals surface area contributed by atoms with Gasteiger partial charge in [-0.15, -0.1) is 0 Å². The fourth-order valence-corrected chi connectivity index (χ4v) is 1.66. The first-order valence-corrected chi connectivity index (χ1v) is 5.37. The van der Waals surface area contributed by atoms with Gasteiger partial charge in [-0.3, -0.25) is 4.79 Å². The van der Waals surface area contributed by atoms with E-state index in [1.807, 2.05) is 0 Å². The van der Waals surface area contributed by atoms with Gasteiger partial charge in [0.25, 0.3) is 0 Å². The Morgan fingerprint density at radius 2 is 1.84 bits per heavy atom. The molecule has 2 aromatic rings. The molecule has 0 radical (unpaired) electrons. The molecule has 7 nitrogen and oxygen atoms in total. The number of anilines is 1. The molecule has 0 aliphatic carbocycles. The lowest BCUT2D eigenvalue weighted by molar-refractivity contribution is -0.136. The molecule has 1 aromatic carbocycles. The molecule has 0 saturated heterocycles. The number of hydrogen-bond acceptors (Lipinski definition) is 4. The highest BCUT2D eigenvalue weighted by Crippen LogP contribution is 2.17. The van der Waals surface area contributed by atoms with Crippen molar-refractivity contribution in [1.82, 2.24) is 9.78 Å². The van der Waals surface area contributed by atoms with E-state index in [2.05, 4.69) is 5.10 Å². The molecule has 4 N–H and O–H groups in total.